The van der Waals surface area contributed by atoms with E-state index in [0.29, 0.717) is 36.2 Å². The molecule has 1 aromatic heterocycles. The highest BCUT2D eigenvalue weighted by Crippen LogP contribution is 2.38. The molecular weight excluding hydrogens is 392 g/mol. The minimum atomic E-state index is -0.486. The van der Waals surface area contributed by atoms with E-state index in [2.05, 4.69) is 0 Å². The molecule has 0 aliphatic carbocycles. The van der Waals surface area contributed by atoms with Crippen molar-refractivity contribution in [2.75, 3.05) is 33.8 Å². The fourth-order valence-electron chi connectivity index (χ4n) is 4.07. The van der Waals surface area contributed by atoms with Gasteiger partial charge in [-0.1, -0.05) is 12.1 Å². The van der Waals surface area contributed by atoms with Gasteiger partial charge in [-0.15, -0.1) is 0 Å². The van der Waals surface area contributed by atoms with Crippen LogP contribution in [0.2, 0.25) is 0 Å². The lowest BCUT2D eigenvalue weighted by molar-refractivity contribution is 0.0716. The van der Waals surface area contributed by atoms with Crippen LogP contribution in [0.3, 0.4) is 0 Å². The van der Waals surface area contributed by atoms with Gasteiger partial charge in [-0.3, -0.25) is 9.59 Å². The Morgan fingerprint density at radius 2 is 1.74 bits per heavy atom. The Kier molecular flexibility index (Phi) is 5.58. The smallest absolute Gasteiger partial charge is 0.290 e. The maximum atomic E-state index is 13.6. The van der Waals surface area contributed by atoms with E-state index in [1.807, 2.05) is 76.2 Å². The quantitative estimate of drug-likeness (QED) is 0.605. The summed E-state index contributed by atoms with van der Waals surface area (Å²) in [5.74, 6) is 0.665. The van der Waals surface area contributed by atoms with Crippen molar-refractivity contribution in [3.8, 4) is 5.75 Å². The normalized spacial score (nSPS) is 15.7. The molecule has 0 radical (unpaired) electrons. The molecule has 162 valence electrons. The zero-order valence-electron chi connectivity index (χ0n) is 18.7. The Balaban J connectivity index is 1.90. The van der Waals surface area contributed by atoms with Gasteiger partial charge in [0, 0.05) is 13.1 Å². The standard InChI is InChI=1S/C25H28N2O4/c1-6-30-18-9-7-17(8-10-18)22-21-23(28)19-13-15(2)16(3)14-20(19)31-24(21)25(29)27(22)12-11-26(4)5/h7-10,13-14,22H,6,11-12H2,1-5H3/t22-/m0/s1. The number of carbonyl (C=O) groups excluding carboxylic acids is 1. The fourth-order valence-corrected chi connectivity index (χ4v) is 4.07. The van der Waals surface area contributed by atoms with Gasteiger partial charge >= 0.3 is 0 Å². The molecule has 0 fully saturated rings. The number of hydrogen-bond donors (Lipinski definition) is 0. The van der Waals surface area contributed by atoms with Gasteiger partial charge in [-0.05, 0) is 75.8 Å². The maximum absolute atomic E-state index is 13.6. The summed E-state index contributed by atoms with van der Waals surface area (Å²) in [4.78, 5) is 30.7. The molecular formula is C25H28N2O4. The van der Waals surface area contributed by atoms with Gasteiger partial charge in [0.25, 0.3) is 5.91 Å². The minimum absolute atomic E-state index is 0.140. The first-order valence-corrected chi connectivity index (χ1v) is 10.6. The molecule has 0 unspecified atom stereocenters. The Hall–Kier alpha value is -3.12. The van der Waals surface area contributed by atoms with Gasteiger partial charge in [-0.2, -0.15) is 0 Å². The average Bonchev–Trinajstić information content (AvgIpc) is 3.01. The number of amides is 1. The summed E-state index contributed by atoms with van der Waals surface area (Å²) in [6.07, 6.45) is 0. The molecule has 2 aromatic carbocycles. The summed E-state index contributed by atoms with van der Waals surface area (Å²) < 4.78 is 11.6. The third kappa shape index (κ3) is 3.72. The van der Waals surface area contributed by atoms with E-state index < -0.39 is 6.04 Å². The summed E-state index contributed by atoms with van der Waals surface area (Å²) in [6, 6.07) is 10.8. The van der Waals surface area contributed by atoms with Crippen LogP contribution in [0.25, 0.3) is 11.0 Å². The predicted molar refractivity (Wildman–Crippen MR) is 121 cm³/mol. The van der Waals surface area contributed by atoms with Gasteiger partial charge in [0.05, 0.1) is 23.6 Å². The number of benzene rings is 2. The largest absolute Gasteiger partial charge is 0.494 e. The van der Waals surface area contributed by atoms with E-state index in [1.54, 1.807) is 4.90 Å². The highest BCUT2D eigenvalue weighted by Gasteiger charge is 2.42. The maximum Gasteiger partial charge on any atom is 0.290 e. The molecule has 6 nitrogen and oxygen atoms in total. The number of carbonyl (C=O) groups is 1. The number of aryl methyl sites for hydroxylation is 2. The minimum Gasteiger partial charge on any atom is -0.494 e. The molecule has 1 aliphatic rings. The van der Waals surface area contributed by atoms with Crippen LogP contribution in [0.5, 0.6) is 5.75 Å². The van der Waals surface area contributed by atoms with Gasteiger partial charge in [-0.25, -0.2) is 0 Å². The van der Waals surface area contributed by atoms with E-state index in [0.717, 1.165) is 22.4 Å². The molecule has 0 saturated carbocycles. The van der Waals surface area contributed by atoms with Gasteiger partial charge in [0.1, 0.15) is 11.3 Å². The molecule has 4 rings (SSSR count). The zero-order valence-corrected chi connectivity index (χ0v) is 18.7. The SMILES string of the molecule is CCOc1ccc([C@H]2c3c(oc4cc(C)c(C)cc4c3=O)C(=O)N2CCN(C)C)cc1. The molecule has 0 saturated heterocycles. The number of nitrogens with zero attached hydrogens (tertiary/aromatic N) is 2. The number of likely N-dealkylation sites (N-methyl/N-ethyl adjacent to an activating group) is 1. The number of fused-ring (bicyclic) bond motifs is 2. The molecule has 0 spiro atoms. The molecule has 2 heterocycles. The molecule has 0 N–H and O–H groups in total. The third-order valence-corrected chi connectivity index (χ3v) is 5.88. The van der Waals surface area contributed by atoms with Crippen molar-refractivity contribution in [1.29, 1.82) is 0 Å². The van der Waals surface area contributed by atoms with Crippen molar-refractivity contribution in [1.82, 2.24) is 9.80 Å². The van der Waals surface area contributed by atoms with Crippen LogP contribution in [0.15, 0.2) is 45.6 Å². The van der Waals surface area contributed by atoms with Crippen molar-refractivity contribution >= 4 is 16.9 Å². The predicted octanol–water partition coefficient (Wildman–Crippen LogP) is 3.92. The van der Waals surface area contributed by atoms with Gasteiger partial charge in [0.15, 0.2) is 5.43 Å². The molecule has 3 aromatic rings. The first-order chi connectivity index (χ1) is 14.8. The van der Waals surface area contributed by atoms with Crippen LogP contribution in [-0.2, 0) is 0 Å². The second-order valence-corrected chi connectivity index (χ2v) is 8.31. The second kappa shape index (κ2) is 8.19. The lowest BCUT2D eigenvalue weighted by atomic mass is 9.97. The van der Waals surface area contributed by atoms with Crippen molar-refractivity contribution < 1.29 is 13.9 Å². The van der Waals surface area contributed by atoms with E-state index in [9.17, 15) is 9.59 Å². The van der Waals surface area contributed by atoms with Crippen LogP contribution in [0, 0.1) is 13.8 Å². The Bertz CT molecular complexity index is 1190. The van der Waals surface area contributed by atoms with Gasteiger partial charge in [0.2, 0.25) is 5.76 Å². The summed E-state index contributed by atoms with van der Waals surface area (Å²) in [6.45, 7) is 7.62. The summed E-state index contributed by atoms with van der Waals surface area (Å²) in [7, 11) is 3.92. The van der Waals surface area contributed by atoms with Crippen LogP contribution in [-0.4, -0.2) is 49.5 Å². The molecule has 1 amide bonds. The molecule has 0 bridgehead atoms. The van der Waals surface area contributed by atoms with E-state index in [-0.39, 0.29) is 17.1 Å². The summed E-state index contributed by atoms with van der Waals surface area (Å²) >= 11 is 0. The monoisotopic (exact) mass is 420 g/mol. The fraction of sp³-hybridized carbons (Fsp3) is 0.360. The first kappa shape index (κ1) is 21.1. The average molecular weight is 421 g/mol. The Labute approximate surface area is 182 Å². The van der Waals surface area contributed by atoms with E-state index in [1.165, 1.54) is 0 Å². The highest BCUT2D eigenvalue weighted by atomic mass is 16.5. The molecule has 1 aliphatic heterocycles. The lowest BCUT2D eigenvalue weighted by Gasteiger charge is -2.26. The molecule has 1 atom stereocenters. The highest BCUT2D eigenvalue weighted by molar-refractivity contribution is 5.99. The number of hydrogen-bond acceptors (Lipinski definition) is 5. The van der Waals surface area contributed by atoms with E-state index in [4.69, 9.17) is 9.15 Å². The summed E-state index contributed by atoms with van der Waals surface area (Å²) in [5, 5.41) is 0.514. The lowest BCUT2D eigenvalue weighted by Crippen LogP contribution is -2.35. The molecule has 6 heteroatoms. The first-order valence-electron chi connectivity index (χ1n) is 10.6. The second-order valence-electron chi connectivity index (χ2n) is 8.31. The van der Waals surface area contributed by atoms with Crippen molar-refractivity contribution in [2.45, 2.75) is 26.8 Å². The molecule has 31 heavy (non-hydrogen) atoms. The van der Waals surface area contributed by atoms with Gasteiger partial charge < -0.3 is 19.0 Å². The number of ether oxygens (including phenoxy) is 1. The van der Waals surface area contributed by atoms with Crippen LogP contribution >= 0.6 is 0 Å². The number of rotatable bonds is 6. The Morgan fingerprint density at radius 3 is 2.39 bits per heavy atom. The van der Waals surface area contributed by atoms with Crippen LogP contribution in [0.1, 0.15) is 45.8 Å². The van der Waals surface area contributed by atoms with Crippen molar-refractivity contribution in [2.24, 2.45) is 0 Å². The Morgan fingerprint density at radius 1 is 1.06 bits per heavy atom. The summed E-state index contributed by atoms with van der Waals surface area (Å²) in [5.41, 5.74) is 3.65. The van der Waals surface area contributed by atoms with Crippen molar-refractivity contribution in [3.63, 3.8) is 0 Å². The topological polar surface area (TPSA) is 63.0 Å². The third-order valence-electron chi connectivity index (χ3n) is 5.88. The van der Waals surface area contributed by atoms with Crippen LogP contribution in [0.4, 0.5) is 0 Å². The van der Waals surface area contributed by atoms with Crippen molar-refractivity contribution in [3.05, 3.63) is 74.6 Å². The zero-order chi connectivity index (χ0) is 22.3. The van der Waals surface area contributed by atoms with E-state index >= 15 is 0 Å². The van der Waals surface area contributed by atoms with Crippen LogP contribution < -0.4 is 10.2 Å².